The molecule has 2 aromatic carbocycles. The number of rotatable bonds is 6. The van der Waals surface area contributed by atoms with Crippen LogP contribution in [0.2, 0.25) is 0 Å². The van der Waals surface area contributed by atoms with Crippen molar-refractivity contribution in [3.8, 4) is 0 Å². The Balaban J connectivity index is 1.50. The van der Waals surface area contributed by atoms with Crippen LogP contribution in [-0.4, -0.2) is 41.6 Å². The van der Waals surface area contributed by atoms with Crippen LogP contribution in [0, 0.1) is 6.92 Å². The highest BCUT2D eigenvalue weighted by molar-refractivity contribution is 8.26. The summed E-state index contributed by atoms with van der Waals surface area (Å²) >= 11 is 6.61. The fraction of sp³-hybridized carbons (Fsp3) is 0.269. The van der Waals surface area contributed by atoms with Gasteiger partial charge in [-0.2, -0.15) is 4.98 Å². The zero-order chi connectivity index (χ0) is 25.3. The molecule has 2 fully saturated rings. The van der Waals surface area contributed by atoms with Crippen LogP contribution in [0.3, 0.4) is 0 Å². The van der Waals surface area contributed by atoms with Crippen LogP contribution in [0.4, 0.5) is 5.88 Å². The predicted molar refractivity (Wildman–Crippen MR) is 144 cm³/mol. The number of thioether (sulfide) groups is 1. The fourth-order valence-electron chi connectivity index (χ4n) is 4.19. The Hall–Kier alpha value is -2.95. The molecule has 0 unspecified atom stereocenters. The third-order valence-electron chi connectivity index (χ3n) is 6.14. The summed E-state index contributed by atoms with van der Waals surface area (Å²) < 4.78 is 33.6. The number of nitrogens with zero attached hydrogens (tertiary/aromatic N) is 3. The van der Waals surface area contributed by atoms with Crippen LogP contribution in [0.5, 0.6) is 0 Å². The monoisotopic (exact) mass is 539 g/mol. The van der Waals surface area contributed by atoms with Crippen molar-refractivity contribution in [1.29, 1.82) is 0 Å². The lowest BCUT2D eigenvalue weighted by atomic mass is 10.1. The van der Waals surface area contributed by atoms with Crippen LogP contribution in [0.15, 0.2) is 73.8 Å². The molecule has 0 aliphatic carbocycles. The van der Waals surface area contributed by atoms with Gasteiger partial charge < -0.3 is 9.32 Å². The number of thiocarbonyl (C=S) groups is 1. The van der Waals surface area contributed by atoms with Gasteiger partial charge in [-0.3, -0.25) is 9.69 Å². The average molecular weight is 540 g/mol. The summed E-state index contributed by atoms with van der Waals surface area (Å²) in [6.07, 6.45) is 4.46. The van der Waals surface area contributed by atoms with Crippen molar-refractivity contribution >= 4 is 56.0 Å². The lowest BCUT2D eigenvalue weighted by Gasteiger charge is -2.26. The third-order valence-corrected chi connectivity index (χ3v) is 9.18. The van der Waals surface area contributed by atoms with Crippen LogP contribution in [0.25, 0.3) is 6.08 Å². The maximum Gasteiger partial charge on any atom is 0.266 e. The van der Waals surface area contributed by atoms with E-state index in [1.165, 1.54) is 11.0 Å². The minimum Gasteiger partial charge on any atom is -0.420 e. The van der Waals surface area contributed by atoms with Gasteiger partial charge >= 0.3 is 0 Å². The SMILES string of the molecule is Cc1ccc(S(=O)(=O)c2nc(/C=C3/SC(=S)N(Cc4ccccc4)C3=O)oc2N2CCCCC2)cc1. The standard InChI is InChI=1S/C26H25N3O4S3/c1-18-10-12-20(13-11-18)36(31,32)23-25(28-14-6-3-7-15-28)33-22(27-23)16-21-24(30)29(26(34)35-21)17-19-8-4-2-5-9-19/h2,4-5,8-13,16H,3,6-7,14-15,17H2,1H3/b21-16+. The number of anilines is 1. The molecule has 3 heterocycles. The predicted octanol–water partition coefficient (Wildman–Crippen LogP) is 5.21. The Bertz CT molecular complexity index is 1420. The first-order valence-corrected chi connectivity index (χ1v) is 14.4. The maximum absolute atomic E-state index is 13.6. The molecule has 1 aromatic heterocycles. The molecule has 36 heavy (non-hydrogen) atoms. The van der Waals surface area contributed by atoms with Gasteiger partial charge in [0.15, 0.2) is 0 Å². The van der Waals surface area contributed by atoms with E-state index >= 15 is 0 Å². The molecule has 10 heteroatoms. The van der Waals surface area contributed by atoms with E-state index in [0.29, 0.717) is 28.9 Å². The van der Waals surface area contributed by atoms with Crippen molar-refractivity contribution in [1.82, 2.24) is 9.88 Å². The molecule has 7 nitrogen and oxygen atoms in total. The summed E-state index contributed by atoms with van der Waals surface area (Å²) in [7, 11) is -3.93. The van der Waals surface area contributed by atoms with Crippen molar-refractivity contribution in [2.75, 3.05) is 18.0 Å². The Kier molecular flexibility index (Phi) is 7.00. The zero-order valence-corrected chi connectivity index (χ0v) is 22.2. The molecule has 5 rings (SSSR count). The first-order valence-electron chi connectivity index (χ1n) is 11.7. The van der Waals surface area contributed by atoms with E-state index in [1.807, 2.05) is 42.2 Å². The van der Waals surface area contributed by atoms with Crippen LogP contribution >= 0.6 is 24.0 Å². The number of carbonyl (C=O) groups is 1. The Labute approximate surface area is 220 Å². The number of benzene rings is 2. The normalized spacial score (nSPS) is 17.9. The molecule has 186 valence electrons. The number of hydrogen-bond donors (Lipinski definition) is 0. The van der Waals surface area contributed by atoms with E-state index < -0.39 is 9.84 Å². The highest BCUT2D eigenvalue weighted by Crippen LogP contribution is 2.37. The number of oxazole rings is 1. The van der Waals surface area contributed by atoms with Crippen molar-refractivity contribution in [3.63, 3.8) is 0 Å². The van der Waals surface area contributed by atoms with E-state index in [9.17, 15) is 13.2 Å². The van der Waals surface area contributed by atoms with Gasteiger partial charge in [-0.15, -0.1) is 0 Å². The van der Waals surface area contributed by atoms with Gasteiger partial charge in [0, 0.05) is 19.2 Å². The Morgan fingerprint density at radius 1 is 1.06 bits per heavy atom. The summed E-state index contributed by atoms with van der Waals surface area (Å²) in [5.74, 6) is 0.0391. The summed E-state index contributed by atoms with van der Waals surface area (Å²) in [5.41, 5.74) is 1.92. The van der Waals surface area contributed by atoms with Crippen LogP contribution in [-0.2, 0) is 21.2 Å². The number of hydrogen-bond acceptors (Lipinski definition) is 8. The minimum absolute atomic E-state index is 0.0708. The molecule has 0 radical (unpaired) electrons. The van der Waals surface area contributed by atoms with Crippen molar-refractivity contribution < 1.29 is 17.6 Å². The second-order valence-electron chi connectivity index (χ2n) is 8.78. The first-order chi connectivity index (χ1) is 17.3. The second-order valence-corrected chi connectivity index (χ2v) is 12.3. The van der Waals surface area contributed by atoms with E-state index in [2.05, 4.69) is 4.98 Å². The summed E-state index contributed by atoms with van der Waals surface area (Å²) in [6.45, 7) is 3.63. The second kappa shape index (κ2) is 10.2. The van der Waals surface area contributed by atoms with Crippen molar-refractivity contribution in [2.24, 2.45) is 0 Å². The number of amides is 1. The molecule has 0 N–H and O–H groups in total. The first kappa shape index (κ1) is 24.7. The highest BCUT2D eigenvalue weighted by Gasteiger charge is 2.35. The number of aryl methyl sites for hydroxylation is 1. The molecule has 3 aromatic rings. The van der Waals surface area contributed by atoms with E-state index in [4.69, 9.17) is 16.6 Å². The summed E-state index contributed by atoms with van der Waals surface area (Å²) in [5, 5.41) is -0.126. The number of aromatic nitrogens is 1. The molecule has 2 aliphatic heterocycles. The molecule has 2 saturated heterocycles. The van der Waals surface area contributed by atoms with Gasteiger partial charge in [0.25, 0.3) is 5.91 Å². The minimum atomic E-state index is -3.93. The molecular formula is C26H25N3O4S3. The van der Waals surface area contributed by atoms with E-state index in [-0.39, 0.29) is 27.6 Å². The highest BCUT2D eigenvalue weighted by atomic mass is 32.2. The Morgan fingerprint density at radius 3 is 2.44 bits per heavy atom. The van der Waals surface area contributed by atoms with Gasteiger partial charge in [-0.1, -0.05) is 72.0 Å². The van der Waals surface area contributed by atoms with E-state index in [1.54, 1.807) is 24.3 Å². The van der Waals surface area contributed by atoms with Crippen LogP contribution < -0.4 is 4.90 Å². The van der Waals surface area contributed by atoms with Gasteiger partial charge in [-0.05, 0) is 43.9 Å². The molecule has 1 amide bonds. The smallest absolute Gasteiger partial charge is 0.266 e. The molecule has 0 atom stereocenters. The van der Waals surface area contributed by atoms with Crippen LogP contribution in [0.1, 0.15) is 36.3 Å². The fourth-order valence-corrected chi connectivity index (χ4v) is 6.74. The largest absolute Gasteiger partial charge is 0.420 e. The topological polar surface area (TPSA) is 83.7 Å². The summed E-state index contributed by atoms with van der Waals surface area (Å²) in [4.78, 5) is 21.5. The van der Waals surface area contributed by atoms with E-state index in [0.717, 1.165) is 42.2 Å². The summed E-state index contributed by atoms with van der Waals surface area (Å²) in [6, 6.07) is 16.3. The lowest BCUT2D eigenvalue weighted by Crippen LogP contribution is -2.30. The molecule has 0 saturated carbocycles. The van der Waals surface area contributed by atoms with Gasteiger partial charge in [0.1, 0.15) is 4.32 Å². The average Bonchev–Trinajstić information content (AvgIpc) is 3.43. The quantitative estimate of drug-likeness (QED) is 0.312. The maximum atomic E-state index is 13.6. The lowest BCUT2D eigenvalue weighted by molar-refractivity contribution is -0.122. The third kappa shape index (κ3) is 4.98. The van der Waals surface area contributed by atoms with Gasteiger partial charge in [0.05, 0.1) is 16.3 Å². The van der Waals surface area contributed by atoms with Gasteiger partial charge in [0.2, 0.25) is 26.6 Å². The molecule has 0 spiro atoms. The molecule has 0 bridgehead atoms. The number of piperidine rings is 1. The van der Waals surface area contributed by atoms with Gasteiger partial charge in [-0.25, -0.2) is 8.42 Å². The van der Waals surface area contributed by atoms with Crippen molar-refractivity contribution in [2.45, 2.75) is 42.7 Å². The molecule has 2 aliphatic rings. The van der Waals surface area contributed by atoms with Crippen molar-refractivity contribution in [3.05, 3.63) is 76.5 Å². The Morgan fingerprint density at radius 2 is 1.75 bits per heavy atom. The zero-order valence-electron chi connectivity index (χ0n) is 19.7. The number of carbonyl (C=O) groups excluding carboxylic acids is 1. The molecular weight excluding hydrogens is 515 g/mol. The number of sulfone groups is 1.